The van der Waals surface area contributed by atoms with Crippen LogP contribution in [0.5, 0.6) is 0 Å². The molecule has 0 aromatic carbocycles. The van der Waals surface area contributed by atoms with E-state index in [1.807, 2.05) is 6.07 Å². The van der Waals surface area contributed by atoms with Crippen molar-refractivity contribution in [3.05, 3.63) is 53.6 Å². The fourth-order valence-corrected chi connectivity index (χ4v) is 2.28. The third kappa shape index (κ3) is 1.92. The highest BCUT2D eigenvalue weighted by atomic mass is 35.5. The minimum absolute atomic E-state index is 0.328. The molecule has 0 saturated carbocycles. The van der Waals surface area contributed by atoms with E-state index in [0.717, 1.165) is 5.56 Å². The van der Waals surface area contributed by atoms with Crippen molar-refractivity contribution < 1.29 is 9.53 Å². The standard InChI is InChI=1S/C14H10ClN3O2/c1-20-14(19)11-6-2-5-10-12(15)17-13(18(10)11)9-4-3-7-16-8-9/h2-8H,1H3. The Labute approximate surface area is 119 Å². The summed E-state index contributed by atoms with van der Waals surface area (Å²) in [7, 11) is 1.34. The Balaban J connectivity index is 2.36. The normalized spacial score (nSPS) is 10.7. The van der Waals surface area contributed by atoms with Gasteiger partial charge in [-0.1, -0.05) is 17.7 Å². The van der Waals surface area contributed by atoms with Gasteiger partial charge in [0.25, 0.3) is 0 Å². The van der Waals surface area contributed by atoms with E-state index in [0.29, 0.717) is 22.2 Å². The molecule has 3 heterocycles. The molecule has 0 radical (unpaired) electrons. The minimum Gasteiger partial charge on any atom is -0.464 e. The van der Waals surface area contributed by atoms with Crippen LogP contribution in [0.15, 0.2) is 42.7 Å². The van der Waals surface area contributed by atoms with Gasteiger partial charge in [-0.25, -0.2) is 9.78 Å². The number of halogens is 1. The van der Waals surface area contributed by atoms with Crippen LogP contribution < -0.4 is 0 Å². The Morgan fingerprint density at radius 2 is 2.15 bits per heavy atom. The third-order valence-electron chi connectivity index (χ3n) is 2.93. The molecule has 5 nitrogen and oxygen atoms in total. The molecule has 3 rings (SSSR count). The summed E-state index contributed by atoms with van der Waals surface area (Å²) in [5.41, 5.74) is 1.78. The maximum Gasteiger partial charge on any atom is 0.355 e. The number of hydrogen-bond donors (Lipinski definition) is 0. The number of methoxy groups -OCH3 is 1. The molecule has 0 amide bonds. The lowest BCUT2D eigenvalue weighted by atomic mass is 10.2. The molecule has 0 aliphatic heterocycles. The zero-order valence-corrected chi connectivity index (χ0v) is 11.3. The van der Waals surface area contributed by atoms with Crippen LogP contribution in [0.25, 0.3) is 16.9 Å². The van der Waals surface area contributed by atoms with Crippen LogP contribution >= 0.6 is 11.6 Å². The van der Waals surface area contributed by atoms with Gasteiger partial charge in [0.15, 0.2) is 5.15 Å². The Morgan fingerprint density at radius 1 is 1.30 bits per heavy atom. The van der Waals surface area contributed by atoms with Gasteiger partial charge in [0.2, 0.25) is 0 Å². The first kappa shape index (κ1) is 12.6. The molecular weight excluding hydrogens is 278 g/mol. The van der Waals surface area contributed by atoms with Crippen LogP contribution in [0.1, 0.15) is 10.5 Å². The summed E-state index contributed by atoms with van der Waals surface area (Å²) in [5.74, 6) is 0.105. The molecule has 0 atom stereocenters. The maximum atomic E-state index is 11.9. The van der Waals surface area contributed by atoms with Crippen molar-refractivity contribution in [2.45, 2.75) is 0 Å². The van der Waals surface area contributed by atoms with Gasteiger partial charge in [0.1, 0.15) is 11.5 Å². The number of hydrogen-bond acceptors (Lipinski definition) is 4. The average Bonchev–Trinajstić information content (AvgIpc) is 2.85. The minimum atomic E-state index is -0.449. The number of carbonyl (C=O) groups excluding carboxylic acids is 1. The van der Waals surface area contributed by atoms with Gasteiger partial charge < -0.3 is 4.74 Å². The zero-order chi connectivity index (χ0) is 14.1. The fourth-order valence-electron chi connectivity index (χ4n) is 2.05. The van der Waals surface area contributed by atoms with Crippen LogP contribution in [-0.4, -0.2) is 27.4 Å². The molecule has 0 saturated heterocycles. The van der Waals surface area contributed by atoms with Crippen molar-refractivity contribution in [3.8, 4) is 11.4 Å². The van der Waals surface area contributed by atoms with Crippen molar-refractivity contribution in [1.82, 2.24) is 14.4 Å². The maximum absolute atomic E-state index is 11.9. The molecular formula is C14H10ClN3O2. The molecule has 0 N–H and O–H groups in total. The monoisotopic (exact) mass is 287 g/mol. The Morgan fingerprint density at radius 3 is 2.85 bits per heavy atom. The summed E-state index contributed by atoms with van der Waals surface area (Å²) >= 11 is 6.14. The predicted molar refractivity (Wildman–Crippen MR) is 74.8 cm³/mol. The number of aromatic nitrogens is 3. The van der Waals surface area contributed by atoms with Gasteiger partial charge in [-0.2, -0.15) is 0 Å². The number of pyridine rings is 2. The number of esters is 1. The highest BCUT2D eigenvalue weighted by Crippen LogP contribution is 2.26. The molecule has 3 aromatic heterocycles. The first-order chi connectivity index (χ1) is 9.72. The lowest BCUT2D eigenvalue weighted by molar-refractivity contribution is 0.0592. The summed E-state index contributed by atoms with van der Waals surface area (Å²) in [4.78, 5) is 20.3. The zero-order valence-electron chi connectivity index (χ0n) is 10.6. The van der Waals surface area contributed by atoms with Crippen molar-refractivity contribution in [2.75, 3.05) is 7.11 Å². The highest BCUT2D eigenvalue weighted by Gasteiger charge is 2.18. The van der Waals surface area contributed by atoms with E-state index in [1.165, 1.54) is 7.11 Å². The van der Waals surface area contributed by atoms with E-state index in [9.17, 15) is 4.79 Å². The summed E-state index contributed by atoms with van der Waals surface area (Å²) in [5, 5.41) is 0.328. The molecule has 0 aliphatic carbocycles. The fraction of sp³-hybridized carbons (Fsp3) is 0.0714. The third-order valence-corrected chi connectivity index (χ3v) is 3.21. The molecule has 0 spiro atoms. The van der Waals surface area contributed by atoms with Crippen LogP contribution in [0.4, 0.5) is 0 Å². The van der Waals surface area contributed by atoms with E-state index in [-0.39, 0.29) is 0 Å². The highest BCUT2D eigenvalue weighted by molar-refractivity contribution is 6.33. The molecule has 3 aromatic rings. The molecule has 20 heavy (non-hydrogen) atoms. The van der Waals surface area contributed by atoms with Crippen molar-refractivity contribution in [2.24, 2.45) is 0 Å². The second-order valence-electron chi connectivity index (χ2n) is 4.09. The number of carbonyl (C=O) groups is 1. The summed E-state index contributed by atoms with van der Waals surface area (Å²) in [6, 6.07) is 8.84. The van der Waals surface area contributed by atoms with Gasteiger partial charge in [-0.05, 0) is 24.3 Å². The molecule has 6 heteroatoms. The topological polar surface area (TPSA) is 56.5 Å². The summed E-state index contributed by atoms with van der Waals surface area (Å²) < 4.78 is 6.47. The van der Waals surface area contributed by atoms with E-state index in [1.54, 1.807) is 41.1 Å². The Kier molecular flexibility index (Phi) is 3.12. The number of rotatable bonds is 2. The second kappa shape index (κ2) is 4.94. The quantitative estimate of drug-likeness (QED) is 0.680. The number of imidazole rings is 1. The van der Waals surface area contributed by atoms with Crippen molar-refractivity contribution in [3.63, 3.8) is 0 Å². The number of fused-ring (bicyclic) bond motifs is 1. The predicted octanol–water partition coefficient (Wildman–Crippen LogP) is 2.84. The lowest BCUT2D eigenvalue weighted by Gasteiger charge is -2.06. The SMILES string of the molecule is COC(=O)c1cccc2c(Cl)nc(-c3cccnc3)n12. The smallest absolute Gasteiger partial charge is 0.355 e. The second-order valence-corrected chi connectivity index (χ2v) is 4.45. The van der Waals surface area contributed by atoms with E-state index in [2.05, 4.69) is 9.97 Å². The van der Waals surface area contributed by atoms with E-state index < -0.39 is 5.97 Å². The van der Waals surface area contributed by atoms with Crippen molar-refractivity contribution in [1.29, 1.82) is 0 Å². The van der Waals surface area contributed by atoms with Gasteiger partial charge in [-0.15, -0.1) is 0 Å². The Bertz CT molecular complexity index is 784. The first-order valence-electron chi connectivity index (χ1n) is 5.88. The number of nitrogens with zero attached hydrogens (tertiary/aromatic N) is 3. The molecule has 0 fully saturated rings. The molecule has 0 aliphatic rings. The largest absolute Gasteiger partial charge is 0.464 e. The molecule has 0 bridgehead atoms. The van der Waals surface area contributed by atoms with Crippen LogP contribution in [0.3, 0.4) is 0 Å². The van der Waals surface area contributed by atoms with Crippen LogP contribution in [0, 0.1) is 0 Å². The van der Waals surface area contributed by atoms with Crippen LogP contribution in [0.2, 0.25) is 5.15 Å². The van der Waals surface area contributed by atoms with Gasteiger partial charge >= 0.3 is 5.97 Å². The van der Waals surface area contributed by atoms with Crippen molar-refractivity contribution >= 4 is 23.1 Å². The number of ether oxygens (including phenoxy) is 1. The lowest BCUT2D eigenvalue weighted by Crippen LogP contribution is -2.08. The average molecular weight is 288 g/mol. The Hall–Kier alpha value is -2.40. The van der Waals surface area contributed by atoms with Crippen LogP contribution in [-0.2, 0) is 4.74 Å². The van der Waals surface area contributed by atoms with Gasteiger partial charge in [-0.3, -0.25) is 9.38 Å². The first-order valence-corrected chi connectivity index (χ1v) is 6.26. The summed E-state index contributed by atoms with van der Waals surface area (Å²) in [6.07, 6.45) is 3.33. The summed E-state index contributed by atoms with van der Waals surface area (Å²) in [6.45, 7) is 0. The van der Waals surface area contributed by atoms with Gasteiger partial charge in [0.05, 0.1) is 12.6 Å². The van der Waals surface area contributed by atoms with E-state index in [4.69, 9.17) is 16.3 Å². The molecule has 100 valence electrons. The van der Waals surface area contributed by atoms with E-state index >= 15 is 0 Å². The van der Waals surface area contributed by atoms with Gasteiger partial charge in [0, 0.05) is 18.0 Å². The molecule has 0 unspecified atom stereocenters.